The lowest BCUT2D eigenvalue weighted by Crippen LogP contribution is -2.12. The van der Waals surface area contributed by atoms with E-state index in [-0.39, 0.29) is 11.1 Å². The first kappa shape index (κ1) is 14.8. The van der Waals surface area contributed by atoms with Gasteiger partial charge in [-0.3, -0.25) is 4.79 Å². The van der Waals surface area contributed by atoms with Gasteiger partial charge in [-0.25, -0.2) is 0 Å². The lowest BCUT2D eigenvalue weighted by Gasteiger charge is -2.10. The number of aromatic nitrogens is 1. The SMILES string of the molecule is Cc1cc(-c2cccc(-c3ccccc3C)c2)c(C#N)c(=O)[nH]1. The summed E-state index contributed by atoms with van der Waals surface area (Å²) in [5, 5.41) is 9.31. The average Bonchev–Trinajstić information content (AvgIpc) is 2.55. The normalized spacial score (nSPS) is 10.3. The molecule has 3 heteroatoms. The quantitative estimate of drug-likeness (QED) is 0.771. The Morgan fingerprint density at radius 3 is 2.30 bits per heavy atom. The highest BCUT2D eigenvalue weighted by Crippen LogP contribution is 2.29. The number of aromatic amines is 1. The maximum absolute atomic E-state index is 12.0. The summed E-state index contributed by atoms with van der Waals surface area (Å²) in [5.41, 5.74) is 5.50. The summed E-state index contributed by atoms with van der Waals surface area (Å²) in [7, 11) is 0. The maximum Gasteiger partial charge on any atom is 0.266 e. The predicted octanol–water partition coefficient (Wildman–Crippen LogP) is 4.20. The first-order chi connectivity index (χ1) is 11.1. The summed E-state index contributed by atoms with van der Waals surface area (Å²) in [4.78, 5) is 14.7. The van der Waals surface area contributed by atoms with Gasteiger partial charge in [0, 0.05) is 11.3 Å². The molecule has 0 saturated carbocycles. The molecule has 1 heterocycles. The maximum atomic E-state index is 12.0. The van der Waals surface area contributed by atoms with E-state index in [2.05, 4.69) is 24.0 Å². The molecule has 3 rings (SSSR count). The molecular weight excluding hydrogens is 284 g/mol. The van der Waals surface area contributed by atoms with Crippen molar-refractivity contribution in [1.29, 1.82) is 5.26 Å². The zero-order chi connectivity index (χ0) is 16.4. The van der Waals surface area contributed by atoms with Crippen molar-refractivity contribution in [1.82, 2.24) is 4.98 Å². The summed E-state index contributed by atoms with van der Waals surface area (Å²) in [6.07, 6.45) is 0. The minimum atomic E-state index is -0.344. The molecule has 0 fully saturated rings. The summed E-state index contributed by atoms with van der Waals surface area (Å²) in [5.74, 6) is 0. The van der Waals surface area contributed by atoms with Gasteiger partial charge in [-0.2, -0.15) is 5.26 Å². The summed E-state index contributed by atoms with van der Waals surface area (Å²) in [6.45, 7) is 3.89. The molecule has 0 aliphatic rings. The van der Waals surface area contributed by atoms with Crippen molar-refractivity contribution >= 4 is 0 Å². The van der Waals surface area contributed by atoms with Crippen LogP contribution >= 0.6 is 0 Å². The Hall–Kier alpha value is -3.12. The average molecular weight is 300 g/mol. The van der Waals surface area contributed by atoms with Gasteiger partial charge < -0.3 is 4.98 Å². The number of hydrogen-bond donors (Lipinski definition) is 1. The van der Waals surface area contributed by atoms with Crippen LogP contribution in [-0.4, -0.2) is 4.98 Å². The van der Waals surface area contributed by atoms with Crippen molar-refractivity contribution in [3.63, 3.8) is 0 Å². The molecule has 0 aliphatic heterocycles. The molecule has 2 aromatic carbocycles. The molecule has 112 valence electrons. The third-order valence-corrected chi connectivity index (χ3v) is 3.91. The minimum absolute atomic E-state index is 0.150. The van der Waals surface area contributed by atoms with Crippen LogP contribution in [-0.2, 0) is 0 Å². The van der Waals surface area contributed by atoms with E-state index in [0.717, 1.165) is 22.4 Å². The molecular formula is C20H16N2O. The minimum Gasteiger partial charge on any atom is -0.325 e. The van der Waals surface area contributed by atoms with E-state index in [4.69, 9.17) is 0 Å². The van der Waals surface area contributed by atoms with E-state index in [1.54, 1.807) is 0 Å². The number of benzene rings is 2. The molecule has 0 radical (unpaired) electrons. The van der Waals surface area contributed by atoms with Gasteiger partial charge in [0.05, 0.1) is 0 Å². The Labute approximate surface area is 134 Å². The van der Waals surface area contributed by atoms with Crippen molar-refractivity contribution in [3.05, 3.63) is 81.8 Å². The van der Waals surface area contributed by atoms with Gasteiger partial charge in [0.1, 0.15) is 11.6 Å². The third-order valence-electron chi connectivity index (χ3n) is 3.91. The fraction of sp³-hybridized carbons (Fsp3) is 0.100. The van der Waals surface area contributed by atoms with Gasteiger partial charge in [0.15, 0.2) is 0 Å². The molecule has 23 heavy (non-hydrogen) atoms. The van der Waals surface area contributed by atoms with E-state index in [0.29, 0.717) is 5.56 Å². The zero-order valence-corrected chi connectivity index (χ0v) is 13.1. The van der Waals surface area contributed by atoms with Gasteiger partial charge in [0.25, 0.3) is 5.56 Å². The highest BCUT2D eigenvalue weighted by Gasteiger charge is 2.11. The first-order valence-electron chi connectivity index (χ1n) is 7.40. The van der Waals surface area contributed by atoms with Crippen LogP contribution in [0.2, 0.25) is 0 Å². The van der Waals surface area contributed by atoms with Crippen LogP contribution in [0.3, 0.4) is 0 Å². The lowest BCUT2D eigenvalue weighted by molar-refractivity contribution is 1.13. The Balaban J connectivity index is 2.21. The number of nitriles is 1. The molecule has 0 amide bonds. The fourth-order valence-corrected chi connectivity index (χ4v) is 2.78. The van der Waals surface area contributed by atoms with Crippen LogP contribution in [0.5, 0.6) is 0 Å². The number of nitrogens with one attached hydrogen (secondary N) is 1. The highest BCUT2D eigenvalue weighted by atomic mass is 16.1. The van der Waals surface area contributed by atoms with Crippen LogP contribution in [0.25, 0.3) is 22.3 Å². The summed E-state index contributed by atoms with van der Waals surface area (Å²) in [6, 6.07) is 20.0. The molecule has 0 atom stereocenters. The van der Waals surface area contributed by atoms with Crippen molar-refractivity contribution < 1.29 is 0 Å². The van der Waals surface area contributed by atoms with Gasteiger partial charge in [0.2, 0.25) is 0 Å². The third kappa shape index (κ3) is 2.79. The van der Waals surface area contributed by atoms with E-state index in [1.165, 1.54) is 5.56 Å². The molecule has 1 aromatic heterocycles. The highest BCUT2D eigenvalue weighted by molar-refractivity contribution is 5.77. The molecule has 0 spiro atoms. The van der Waals surface area contributed by atoms with Crippen LogP contribution < -0.4 is 5.56 Å². The molecule has 0 aliphatic carbocycles. The second-order valence-corrected chi connectivity index (χ2v) is 5.58. The Morgan fingerprint density at radius 2 is 1.61 bits per heavy atom. The number of nitrogens with zero attached hydrogens (tertiary/aromatic N) is 1. The van der Waals surface area contributed by atoms with Crippen LogP contribution in [0.1, 0.15) is 16.8 Å². The lowest BCUT2D eigenvalue weighted by atomic mass is 9.95. The molecule has 0 saturated heterocycles. The summed E-state index contributed by atoms with van der Waals surface area (Å²) < 4.78 is 0. The topological polar surface area (TPSA) is 56.6 Å². The van der Waals surface area contributed by atoms with Crippen LogP contribution in [0.15, 0.2) is 59.4 Å². The number of H-pyrrole nitrogens is 1. The Morgan fingerprint density at radius 1 is 0.913 bits per heavy atom. The van der Waals surface area contributed by atoms with Crippen molar-refractivity contribution in [2.24, 2.45) is 0 Å². The molecule has 0 unspecified atom stereocenters. The molecule has 1 N–H and O–H groups in total. The monoisotopic (exact) mass is 300 g/mol. The second-order valence-electron chi connectivity index (χ2n) is 5.58. The fourth-order valence-electron chi connectivity index (χ4n) is 2.78. The van der Waals surface area contributed by atoms with Gasteiger partial charge in [-0.1, -0.05) is 42.5 Å². The van der Waals surface area contributed by atoms with Gasteiger partial charge >= 0.3 is 0 Å². The van der Waals surface area contributed by atoms with Gasteiger partial charge in [-0.15, -0.1) is 0 Å². The Kier molecular flexibility index (Phi) is 3.82. The van der Waals surface area contributed by atoms with E-state index < -0.39 is 0 Å². The van der Waals surface area contributed by atoms with Crippen molar-refractivity contribution in [3.8, 4) is 28.3 Å². The largest absolute Gasteiger partial charge is 0.325 e. The second kappa shape index (κ2) is 5.94. The molecule has 3 nitrogen and oxygen atoms in total. The Bertz CT molecular complexity index is 977. The van der Waals surface area contributed by atoms with Gasteiger partial charge in [-0.05, 0) is 48.2 Å². The standard InChI is InChI=1S/C20H16N2O/c1-13-6-3-4-9-17(13)15-7-5-8-16(11-15)18-10-14(2)22-20(23)19(18)12-21/h3-11H,1-2H3,(H,22,23). The smallest absolute Gasteiger partial charge is 0.266 e. The number of pyridine rings is 1. The van der Waals surface area contributed by atoms with Crippen LogP contribution in [0.4, 0.5) is 0 Å². The summed E-state index contributed by atoms with van der Waals surface area (Å²) >= 11 is 0. The van der Waals surface area contributed by atoms with E-state index >= 15 is 0 Å². The number of aryl methyl sites for hydroxylation is 2. The number of rotatable bonds is 2. The van der Waals surface area contributed by atoms with Crippen molar-refractivity contribution in [2.45, 2.75) is 13.8 Å². The number of hydrogen-bond acceptors (Lipinski definition) is 2. The zero-order valence-electron chi connectivity index (χ0n) is 13.1. The van der Waals surface area contributed by atoms with E-state index in [9.17, 15) is 10.1 Å². The van der Waals surface area contributed by atoms with Crippen molar-refractivity contribution in [2.75, 3.05) is 0 Å². The van der Waals surface area contributed by atoms with Crippen LogP contribution in [0, 0.1) is 25.2 Å². The predicted molar refractivity (Wildman–Crippen MR) is 92.1 cm³/mol. The molecule has 3 aromatic rings. The van der Waals surface area contributed by atoms with E-state index in [1.807, 2.05) is 55.5 Å². The molecule has 0 bridgehead atoms. The first-order valence-corrected chi connectivity index (χ1v) is 7.40.